The SMILES string of the molecule is CCCCN1CCC(Nc2ccc([N+](=O)[O-])cn2)CC1. The first-order valence-electron chi connectivity index (χ1n) is 7.28. The lowest BCUT2D eigenvalue weighted by Gasteiger charge is -2.32. The molecule has 6 heteroatoms. The maximum absolute atomic E-state index is 10.6. The van der Waals surface area contributed by atoms with Crippen LogP contribution in [0.5, 0.6) is 0 Å². The Morgan fingerprint density at radius 2 is 2.20 bits per heavy atom. The molecule has 0 unspecified atom stereocenters. The molecule has 0 aromatic carbocycles. The Hall–Kier alpha value is -1.69. The van der Waals surface area contributed by atoms with Gasteiger partial charge in [0.25, 0.3) is 5.69 Å². The summed E-state index contributed by atoms with van der Waals surface area (Å²) < 4.78 is 0. The summed E-state index contributed by atoms with van der Waals surface area (Å²) in [6.45, 7) is 5.64. The maximum atomic E-state index is 10.6. The van der Waals surface area contributed by atoms with E-state index in [1.54, 1.807) is 6.07 Å². The highest BCUT2D eigenvalue weighted by Gasteiger charge is 2.19. The van der Waals surface area contributed by atoms with Gasteiger partial charge in [-0.3, -0.25) is 10.1 Å². The first kappa shape index (κ1) is 14.7. The summed E-state index contributed by atoms with van der Waals surface area (Å²) in [4.78, 5) is 16.7. The lowest BCUT2D eigenvalue weighted by molar-refractivity contribution is -0.385. The molecule has 110 valence electrons. The van der Waals surface area contributed by atoms with Gasteiger partial charge >= 0.3 is 0 Å². The first-order chi connectivity index (χ1) is 9.69. The summed E-state index contributed by atoms with van der Waals surface area (Å²) in [6.07, 6.45) is 6.01. The molecule has 6 nitrogen and oxygen atoms in total. The summed E-state index contributed by atoms with van der Waals surface area (Å²) in [5, 5.41) is 13.9. The molecule has 1 aromatic rings. The number of anilines is 1. The van der Waals surface area contributed by atoms with Crippen molar-refractivity contribution in [3.05, 3.63) is 28.4 Å². The molecule has 2 heterocycles. The van der Waals surface area contributed by atoms with E-state index in [0.717, 1.165) is 31.7 Å². The second-order valence-electron chi connectivity index (χ2n) is 5.27. The summed E-state index contributed by atoms with van der Waals surface area (Å²) in [5.41, 5.74) is 0.0323. The van der Waals surface area contributed by atoms with Gasteiger partial charge in [-0.25, -0.2) is 4.98 Å². The largest absolute Gasteiger partial charge is 0.367 e. The third kappa shape index (κ3) is 4.16. The average Bonchev–Trinajstić information content (AvgIpc) is 2.47. The van der Waals surface area contributed by atoms with Crippen molar-refractivity contribution < 1.29 is 4.92 Å². The van der Waals surface area contributed by atoms with E-state index in [1.807, 2.05) is 0 Å². The Bertz CT molecular complexity index is 427. The lowest BCUT2D eigenvalue weighted by atomic mass is 10.0. The van der Waals surface area contributed by atoms with Gasteiger partial charge in [0.15, 0.2) is 0 Å². The monoisotopic (exact) mass is 278 g/mol. The minimum Gasteiger partial charge on any atom is -0.367 e. The molecule has 1 aliphatic rings. The average molecular weight is 278 g/mol. The zero-order chi connectivity index (χ0) is 14.4. The van der Waals surface area contributed by atoms with Crippen LogP contribution in [0.15, 0.2) is 18.3 Å². The van der Waals surface area contributed by atoms with Gasteiger partial charge in [0.05, 0.1) is 4.92 Å². The Labute approximate surface area is 119 Å². The van der Waals surface area contributed by atoms with Crippen molar-refractivity contribution in [2.45, 2.75) is 38.6 Å². The number of nitro groups is 1. The van der Waals surface area contributed by atoms with E-state index in [0.29, 0.717) is 6.04 Å². The second kappa shape index (κ2) is 7.19. The molecule has 0 spiro atoms. The van der Waals surface area contributed by atoms with Crippen LogP contribution >= 0.6 is 0 Å². The van der Waals surface area contributed by atoms with E-state index in [-0.39, 0.29) is 5.69 Å². The number of unbranched alkanes of at least 4 members (excludes halogenated alkanes) is 1. The number of rotatable bonds is 6. The standard InChI is InChI=1S/C14H22N4O2/c1-2-3-8-17-9-6-12(7-10-17)16-14-5-4-13(11-15-14)18(19)20/h4-5,11-12H,2-3,6-10H2,1H3,(H,15,16). The number of nitrogens with zero attached hydrogens (tertiary/aromatic N) is 3. The van der Waals surface area contributed by atoms with Crippen LogP contribution in [0.4, 0.5) is 11.5 Å². The van der Waals surface area contributed by atoms with Crippen molar-refractivity contribution in [2.24, 2.45) is 0 Å². The predicted molar refractivity (Wildman–Crippen MR) is 78.9 cm³/mol. The molecule has 0 amide bonds. The van der Waals surface area contributed by atoms with Gasteiger partial charge in [-0.2, -0.15) is 0 Å². The van der Waals surface area contributed by atoms with Gasteiger partial charge in [-0.15, -0.1) is 0 Å². The van der Waals surface area contributed by atoms with E-state index < -0.39 is 4.92 Å². The second-order valence-corrected chi connectivity index (χ2v) is 5.27. The van der Waals surface area contributed by atoms with Crippen molar-refractivity contribution in [2.75, 3.05) is 25.0 Å². The van der Waals surface area contributed by atoms with Crippen LogP contribution in [0.1, 0.15) is 32.6 Å². The van der Waals surface area contributed by atoms with Crippen LogP contribution in [0, 0.1) is 10.1 Å². The van der Waals surface area contributed by atoms with Gasteiger partial charge in [-0.1, -0.05) is 13.3 Å². The molecule has 0 atom stereocenters. The van der Waals surface area contributed by atoms with Gasteiger partial charge in [0, 0.05) is 25.2 Å². The van der Waals surface area contributed by atoms with E-state index >= 15 is 0 Å². The molecule has 0 aliphatic carbocycles. The third-order valence-electron chi connectivity index (χ3n) is 3.73. The highest BCUT2D eigenvalue weighted by atomic mass is 16.6. The fourth-order valence-electron chi connectivity index (χ4n) is 2.47. The molecule has 1 N–H and O–H groups in total. The minimum atomic E-state index is -0.428. The summed E-state index contributed by atoms with van der Waals surface area (Å²) >= 11 is 0. The van der Waals surface area contributed by atoms with E-state index in [9.17, 15) is 10.1 Å². The van der Waals surface area contributed by atoms with Crippen molar-refractivity contribution >= 4 is 11.5 Å². The van der Waals surface area contributed by atoms with Crippen molar-refractivity contribution in [3.8, 4) is 0 Å². The highest BCUT2D eigenvalue weighted by molar-refractivity contribution is 5.40. The topological polar surface area (TPSA) is 71.3 Å². The molecule has 20 heavy (non-hydrogen) atoms. The molecule has 0 bridgehead atoms. The zero-order valence-corrected chi connectivity index (χ0v) is 11.9. The number of pyridine rings is 1. The molecule has 1 fully saturated rings. The number of nitrogens with one attached hydrogen (secondary N) is 1. The van der Waals surface area contributed by atoms with Crippen LogP contribution in [0.2, 0.25) is 0 Å². The quantitative estimate of drug-likeness (QED) is 0.640. The van der Waals surface area contributed by atoms with Crippen molar-refractivity contribution in [1.29, 1.82) is 0 Å². The van der Waals surface area contributed by atoms with Crippen LogP contribution in [-0.4, -0.2) is 40.5 Å². The number of piperidine rings is 1. The van der Waals surface area contributed by atoms with Crippen LogP contribution in [0.3, 0.4) is 0 Å². The molecule has 0 saturated carbocycles. The molecule has 1 aliphatic heterocycles. The lowest BCUT2D eigenvalue weighted by Crippen LogP contribution is -2.39. The van der Waals surface area contributed by atoms with Gasteiger partial charge < -0.3 is 10.2 Å². The van der Waals surface area contributed by atoms with E-state index in [2.05, 4.69) is 22.1 Å². The minimum absolute atomic E-state index is 0.0323. The summed E-state index contributed by atoms with van der Waals surface area (Å²) in [7, 11) is 0. The number of hydrogen-bond donors (Lipinski definition) is 1. The van der Waals surface area contributed by atoms with E-state index in [4.69, 9.17) is 0 Å². The van der Waals surface area contributed by atoms with E-state index in [1.165, 1.54) is 31.6 Å². The number of aromatic nitrogens is 1. The Morgan fingerprint density at radius 3 is 2.75 bits per heavy atom. The molecular formula is C14H22N4O2. The Balaban J connectivity index is 1.79. The zero-order valence-electron chi connectivity index (χ0n) is 11.9. The highest BCUT2D eigenvalue weighted by Crippen LogP contribution is 2.17. The normalized spacial score (nSPS) is 17.1. The Morgan fingerprint density at radius 1 is 1.45 bits per heavy atom. The predicted octanol–water partition coefficient (Wildman–Crippen LogP) is 2.67. The van der Waals surface area contributed by atoms with Gasteiger partial charge in [-0.05, 0) is 31.9 Å². The molecular weight excluding hydrogens is 256 g/mol. The summed E-state index contributed by atoms with van der Waals surface area (Å²) in [5.74, 6) is 0.725. The number of hydrogen-bond acceptors (Lipinski definition) is 5. The summed E-state index contributed by atoms with van der Waals surface area (Å²) in [6, 6.07) is 3.59. The molecule has 1 saturated heterocycles. The fraction of sp³-hybridized carbons (Fsp3) is 0.643. The third-order valence-corrected chi connectivity index (χ3v) is 3.73. The van der Waals surface area contributed by atoms with Crippen LogP contribution < -0.4 is 5.32 Å². The first-order valence-corrected chi connectivity index (χ1v) is 7.28. The smallest absolute Gasteiger partial charge is 0.287 e. The maximum Gasteiger partial charge on any atom is 0.287 e. The number of likely N-dealkylation sites (tertiary alicyclic amines) is 1. The Kier molecular flexibility index (Phi) is 5.29. The van der Waals surface area contributed by atoms with Gasteiger partial charge in [0.2, 0.25) is 0 Å². The molecule has 0 radical (unpaired) electrons. The van der Waals surface area contributed by atoms with Gasteiger partial charge in [0.1, 0.15) is 12.0 Å². The van der Waals surface area contributed by atoms with Crippen LogP contribution in [-0.2, 0) is 0 Å². The van der Waals surface area contributed by atoms with Crippen molar-refractivity contribution in [1.82, 2.24) is 9.88 Å². The van der Waals surface area contributed by atoms with Crippen molar-refractivity contribution in [3.63, 3.8) is 0 Å². The fourth-order valence-corrected chi connectivity index (χ4v) is 2.47. The van der Waals surface area contributed by atoms with Crippen LogP contribution in [0.25, 0.3) is 0 Å². The molecule has 2 rings (SSSR count). The molecule has 1 aromatic heterocycles.